The second-order valence-electron chi connectivity index (χ2n) is 5.14. The summed E-state index contributed by atoms with van der Waals surface area (Å²) < 4.78 is 35.0. The minimum atomic E-state index is -3.12. The normalized spacial score (nSPS) is 13.0. The third-order valence-corrected chi connectivity index (χ3v) is 4.11. The van der Waals surface area contributed by atoms with Crippen LogP contribution in [0.2, 0.25) is 0 Å². The van der Waals surface area contributed by atoms with Gasteiger partial charge in [-0.1, -0.05) is 6.07 Å². The van der Waals surface area contributed by atoms with Gasteiger partial charge in [-0.3, -0.25) is 4.79 Å². The van der Waals surface area contributed by atoms with Crippen molar-refractivity contribution < 1.29 is 17.6 Å². The van der Waals surface area contributed by atoms with E-state index in [-0.39, 0.29) is 23.9 Å². The molecule has 0 radical (unpaired) electrons. The lowest BCUT2D eigenvalue weighted by molar-refractivity contribution is -0.122. The summed E-state index contributed by atoms with van der Waals surface area (Å²) in [6.07, 6.45) is 1.77. The molecular formula is C14H21FN2O3S. The summed E-state index contributed by atoms with van der Waals surface area (Å²) in [5.74, 6) is -0.778. The summed E-state index contributed by atoms with van der Waals surface area (Å²) in [7, 11) is -3.12. The maximum Gasteiger partial charge on any atom is 0.236 e. The molecule has 0 aliphatic carbocycles. The Morgan fingerprint density at radius 2 is 2.10 bits per heavy atom. The van der Waals surface area contributed by atoms with Gasteiger partial charge in [-0.05, 0) is 43.0 Å². The molecule has 3 N–H and O–H groups in total. The number of benzene rings is 1. The van der Waals surface area contributed by atoms with Crippen molar-refractivity contribution >= 4 is 15.7 Å². The third-order valence-electron chi connectivity index (χ3n) is 3.13. The molecule has 0 aliphatic heterocycles. The summed E-state index contributed by atoms with van der Waals surface area (Å²) in [6.45, 7) is 2.18. The number of hydrogen-bond donors (Lipinski definition) is 2. The van der Waals surface area contributed by atoms with Gasteiger partial charge in [0, 0.05) is 12.8 Å². The van der Waals surface area contributed by atoms with Gasteiger partial charge in [0.1, 0.15) is 15.7 Å². The maximum atomic E-state index is 12.9. The van der Waals surface area contributed by atoms with Gasteiger partial charge in [0.15, 0.2) is 0 Å². The molecule has 5 nitrogen and oxygen atoms in total. The number of halogens is 1. The van der Waals surface area contributed by atoms with E-state index in [1.54, 1.807) is 13.0 Å². The van der Waals surface area contributed by atoms with E-state index in [4.69, 9.17) is 5.73 Å². The van der Waals surface area contributed by atoms with Crippen LogP contribution < -0.4 is 11.1 Å². The predicted molar refractivity (Wildman–Crippen MR) is 80.2 cm³/mol. The molecule has 21 heavy (non-hydrogen) atoms. The number of aryl methyl sites for hydroxylation is 1. The van der Waals surface area contributed by atoms with Crippen LogP contribution in [0.4, 0.5) is 4.39 Å². The van der Waals surface area contributed by atoms with E-state index >= 15 is 0 Å². The highest BCUT2D eigenvalue weighted by Crippen LogP contribution is 2.10. The van der Waals surface area contributed by atoms with Crippen LogP contribution in [0.3, 0.4) is 0 Å². The first-order valence-electron chi connectivity index (χ1n) is 6.65. The third kappa shape index (κ3) is 6.68. The average Bonchev–Trinajstić information content (AvgIpc) is 2.37. The van der Waals surface area contributed by atoms with Gasteiger partial charge < -0.3 is 11.1 Å². The summed E-state index contributed by atoms with van der Waals surface area (Å²) >= 11 is 0. The molecule has 0 aliphatic rings. The second-order valence-corrected chi connectivity index (χ2v) is 7.40. The molecule has 0 aromatic heterocycles. The molecule has 1 unspecified atom stereocenters. The lowest BCUT2D eigenvalue weighted by atomic mass is 10.1. The number of hydrogen-bond acceptors (Lipinski definition) is 4. The number of nitrogens with one attached hydrogen (secondary N) is 1. The maximum absolute atomic E-state index is 12.9. The van der Waals surface area contributed by atoms with E-state index in [2.05, 4.69) is 5.32 Å². The first-order chi connectivity index (χ1) is 9.69. The number of amides is 1. The predicted octanol–water partition coefficient (Wildman–Crippen LogP) is 0.555. The molecule has 1 aromatic carbocycles. The van der Waals surface area contributed by atoms with Crippen LogP contribution in [-0.4, -0.2) is 38.9 Å². The van der Waals surface area contributed by atoms with Crippen LogP contribution in [0.1, 0.15) is 17.5 Å². The Hall–Kier alpha value is -1.47. The number of carbonyl (C=O) groups excluding carboxylic acids is 1. The zero-order valence-electron chi connectivity index (χ0n) is 12.2. The van der Waals surface area contributed by atoms with E-state index < -0.39 is 15.9 Å². The van der Waals surface area contributed by atoms with Crippen molar-refractivity contribution in [3.8, 4) is 0 Å². The Kier molecular flexibility index (Phi) is 6.29. The molecule has 0 fully saturated rings. The molecule has 7 heteroatoms. The quantitative estimate of drug-likeness (QED) is 0.769. The van der Waals surface area contributed by atoms with Gasteiger partial charge >= 0.3 is 0 Å². The number of nitrogens with two attached hydrogens (primary N) is 1. The fourth-order valence-electron chi connectivity index (χ4n) is 1.86. The topological polar surface area (TPSA) is 89.3 Å². The van der Waals surface area contributed by atoms with E-state index in [0.29, 0.717) is 13.0 Å². The number of rotatable bonds is 7. The molecule has 1 amide bonds. The van der Waals surface area contributed by atoms with Crippen molar-refractivity contribution in [1.82, 2.24) is 5.32 Å². The standard InChI is InChI=1S/C14H21FN2O3S/c1-10-9-12(15)4-3-11(10)5-7-17-14(18)13(16)6-8-21(2,19)20/h3-4,9,13H,5-8,16H2,1-2H3,(H,17,18). The fraction of sp³-hybridized carbons (Fsp3) is 0.500. The Labute approximate surface area is 124 Å². The van der Waals surface area contributed by atoms with Crippen LogP contribution in [0.15, 0.2) is 18.2 Å². The highest BCUT2D eigenvalue weighted by molar-refractivity contribution is 7.90. The lowest BCUT2D eigenvalue weighted by Gasteiger charge is -2.12. The largest absolute Gasteiger partial charge is 0.354 e. The van der Waals surface area contributed by atoms with Gasteiger partial charge in [-0.2, -0.15) is 0 Å². The molecule has 0 bridgehead atoms. The van der Waals surface area contributed by atoms with E-state index in [1.165, 1.54) is 12.1 Å². The fourth-order valence-corrected chi connectivity index (χ4v) is 2.55. The summed E-state index contributed by atoms with van der Waals surface area (Å²) in [6, 6.07) is 3.66. The van der Waals surface area contributed by atoms with Crippen molar-refractivity contribution in [2.24, 2.45) is 5.73 Å². The van der Waals surface area contributed by atoms with Crippen LogP contribution in [-0.2, 0) is 21.1 Å². The molecular weight excluding hydrogens is 295 g/mol. The Balaban J connectivity index is 2.39. The zero-order chi connectivity index (χ0) is 16.0. The SMILES string of the molecule is Cc1cc(F)ccc1CCNC(=O)C(N)CCS(C)(=O)=O. The molecule has 0 spiro atoms. The average molecular weight is 316 g/mol. The van der Waals surface area contributed by atoms with Gasteiger partial charge in [0.05, 0.1) is 11.8 Å². The van der Waals surface area contributed by atoms with Crippen molar-refractivity contribution in [3.05, 3.63) is 35.1 Å². The van der Waals surface area contributed by atoms with E-state index in [1.807, 2.05) is 0 Å². The summed E-state index contributed by atoms with van der Waals surface area (Å²) in [5, 5.41) is 2.66. The Bertz CT molecular complexity index is 602. The molecule has 0 saturated heterocycles. The molecule has 0 saturated carbocycles. The smallest absolute Gasteiger partial charge is 0.236 e. The molecule has 1 aromatic rings. The molecule has 0 heterocycles. The van der Waals surface area contributed by atoms with Gasteiger partial charge in [-0.15, -0.1) is 0 Å². The van der Waals surface area contributed by atoms with Crippen LogP contribution >= 0.6 is 0 Å². The van der Waals surface area contributed by atoms with Crippen molar-refractivity contribution in [2.75, 3.05) is 18.6 Å². The van der Waals surface area contributed by atoms with E-state index in [0.717, 1.165) is 17.4 Å². The Morgan fingerprint density at radius 1 is 1.43 bits per heavy atom. The van der Waals surface area contributed by atoms with Gasteiger partial charge in [0.2, 0.25) is 5.91 Å². The highest BCUT2D eigenvalue weighted by atomic mass is 32.2. The first-order valence-corrected chi connectivity index (χ1v) is 8.71. The second kappa shape index (κ2) is 7.51. The molecule has 1 atom stereocenters. The first kappa shape index (κ1) is 17.6. The van der Waals surface area contributed by atoms with Crippen molar-refractivity contribution in [2.45, 2.75) is 25.8 Å². The minimum Gasteiger partial charge on any atom is -0.354 e. The minimum absolute atomic E-state index is 0.0975. The Morgan fingerprint density at radius 3 is 2.67 bits per heavy atom. The van der Waals surface area contributed by atoms with Crippen LogP contribution in [0.5, 0.6) is 0 Å². The van der Waals surface area contributed by atoms with Crippen LogP contribution in [0.25, 0.3) is 0 Å². The number of sulfone groups is 1. The van der Waals surface area contributed by atoms with Crippen molar-refractivity contribution in [3.63, 3.8) is 0 Å². The molecule has 118 valence electrons. The van der Waals surface area contributed by atoms with Crippen molar-refractivity contribution in [1.29, 1.82) is 0 Å². The summed E-state index contributed by atoms with van der Waals surface area (Å²) in [4.78, 5) is 11.7. The number of carbonyl (C=O) groups is 1. The lowest BCUT2D eigenvalue weighted by Crippen LogP contribution is -2.42. The van der Waals surface area contributed by atoms with E-state index in [9.17, 15) is 17.6 Å². The van der Waals surface area contributed by atoms with Crippen LogP contribution in [0, 0.1) is 12.7 Å². The monoisotopic (exact) mass is 316 g/mol. The highest BCUT2D eigenvalue weighted by Gasteiger charge is 2.15. The summed E-state index contributed by atoms with van der Waals surface area (Å²) in [5.41, 5.74) is 7.40. The van der Waals surface area contributed by atoms with Gasteiger partial charge in [-0.25, -0.2) is 12.8 Å². The molecule has 1 rings (SSSR count). The zero-order valence-corrected chi connectivity index (χ0v) is 13.0. The van der Waals surface area contributed by atoms with Gasteiger partial charge in [0.25, 0.3) is 0 Å².